The summed E-state index contributed by atoms with van der Waals surface area (Å²) in [6.45, 7) is 5.40. The van der Waals surface area contributed by atoms with Gasteiger partial charge in [-0.2, -0.15) is 5.26 Å². The molecule has 9 nitrogen and oxygen atoms in total. The molecule has 1 aliphatic rings. The van der Waals surface area contributed by atoms with Crippen molar-refractivity contribution >= 4 is 40.3 Å². The van der Waals surface area contributed by atoms with Crippen LogP contribution in [0.5, 0.6) is 5.75 Å². The molecule has 0 unspecified atom stereocenters. The molecule has 0 spiro atoms. The molecule has 1 aromatic carbocycles. The van der Waals surface area contributed by atoms with Crippen LogP contribution in [-0.4, -0.2) is 44.3 Å². The van der Waals surface area contributed by atoms with Crippen LogP contribution in [-0.2, 0) is 17.1 Å². The summed E-state index contributed by atoms with van der Waals surface area (Å²) in [5, 5.41) is 18.4. The molecule has 0 bridgehead atoms. The Bertz CT molecular complexity index is 1560. The summed E-state index contributed by atoms with van der Waals surface area (Å²) in [5.41, 5.74) is -1.19. The van der Waals surface area contributed by atoms with Crippen molar-refractivity contribution < 1.29 is 23.4 Å². The summed E-state index contributed by atoms with van der Waals surface area (Å²) in [4.78, 5) is 34.0. The molecule has 198 valence electrons. The lowest BCUT2D eigenvalue weighted by atomic mass is 10.0. The Morgan fingerprint density at radius 1 is 1.21 bits per heavy atom. The summed E-state index contributed by atoms with van der Waals surface area (Å²) in [7, 11) is 0. The van der Waals surface area contributed by atoms with Crippen molar-refractivity contribution in [2.45, 2.75) is 45.6 Å². The van der Waals surface area contributed by atoms with Crippen LogP contribution in [0, 0.1) is 11.3 Å². The molecule has 0 saturated carbocycles. The summed E-state index contributed by atoms with van der Waals surface area (Å²) < 4.78 is 35.2. The number of hydrogen-bond donors (Lipinski definition) is 1. The number of rotatable bonds is 7. The van der Waals surface area contributed by atoms with Gasteiger partial charge in [0.25, 0.3) is 11.8 Å². The van der Waals surface area contributed by atoms with Gasteiger partial charge in [0.15, 0.2) is 5.11 Å². The molecule has 3 aromatic rings. The standard InChI is InChI=1S/C26H25F2N5O4S/c1-5-19-21(37-11-10-34)22(35)31-14-17(8-9-20(31)30-19)33-24(38)32(23(36)25(33,2)3)16-7-6-15(13-29)18(12-16)26(4,27)28/h6-9,12,14,34H,5,10-11H2,1-4H3. The number of aryl methyl sites for hydroxylation is 1. The lowest BCUT2D eigenvalue weighted by Crippen LogP contribution is -2.44. The summed E-state index contributed by atoms with van der Waals surface area (Å²) in [5.74, 6) is -3.78. The predicted octanol–water partition coefficient (Wildman–Crippen LogP) is 3.53. The van der Waals surface area contributed by atoms with Crippen LogP contribution in [0.15, 0.2) is 41.3 Å². The third-order valence-electron chi connectivity index (χ3n) is 6.29. The Morgan fingerprint density at radius 3 is 2.50 bits per heavy atom. The van der Waals surface area contributed by atoms with Crippen LogP contribution in [0.4, 0.5) is 20.2 Å². The maximum absolute atomic E-state index is 14.2. The Labute approximate surface area is 222 Å². The number of amides is 1. The highest BCUT2D eigenvalue weighted by Crippen LogP contribution is 2.39. The monoisotopic (exact) mass is 541 g/mol. The van der Waals surface area contributed by atoms with Crippen LogP contribution in [0.2, 0.25) is 0 Å². The van der Waals surface area contributed by atoms with Gasteiger partial charge in [-0.15, -0.1) is 0 Å². The van der Waals surface area contributed by atoms with E-state index in [1.807, 2.05) is 6.92 Å². The van der Waals surface area contributed by atoms with Gasteiger partial charge in [0.1, 0.15) is 17.8 Å². The van der Waals surface area contributed by atoms with Crippen LogP contribution in [0.1, 0.15) is 44.5 Å². The maximum Gasteiger partial charge on any atom is 0.300 e. The fourth-order valence-corrected chi connectivity index (χ4v) is 4.93. The second kappa shape index (κ2) is 9.74. The van der Waals surface area contributed by atoms with E-state index < -0.39 is 28.5 Å². The number of nitriles is 1. The first kappa shape index (κ1) is 27.1. The number of nitrogens with zero attached hydrogens (tertiary/aromatic N) is 5. The normalized spacial score (nSPS) is 15.3. The molecule has 12 heteroatoms. The van der Waals surface area contributed by atoms with E-state index in [0.29, 0.717) is 30.4 Å². The topological polar surface area (TPSA) is 111 Å². The van der Waals surface area contributed by atoms with Crippen molar-refractivity contribution in [3.05, 3.63) is 63.7 Å². The predicted molar refractivity (Wildman–Crippen MR) is 141 cm³/mol. The highest BCUT2D eigenvalue weighted by Gasteiger charge is 2.50. The molecule has 1 fully saturated rings. The average Bonchev–Trinajstić information content (AvgIpc) is 3.05. The molecule has 2 aromatic heterocycles. The summed E-state index contributed by atoms with van der Waals surface area (Å²) in [6, 6.07) is 8.73. The number of pyridine rings is 1. The highest BCUT2D eigenvalue weighted by molar-refractivity contribution is 7.81. The summed E-state index contributed by atoms with van der Waals surface area (Å²) >= 11 is 5.65. The molecular weight excluding hydrogens is 516 g/mol. The van der Waals surface area contributed by atoms with Gasteiger partial charge in [-0.05, 0) is 62.8 Å². The number of aliphatic hydroxyl groups excluding tert-OH is 1. The van der Waals surface area contributed by atoms with E-state index in [1.54, 1.807) is 32.0 Å². The van der Waals surface area contributed by atoms with Crippen molar-refractivity contribution in [3.63, 3.8) is 0 Å². The van der Waals surface area contributed by atoms with Gasteiger partial charge < -0.3 is 14.7 Å². The fourth-order valence-electron chi connectivity index (χ4n) is 4.41. The number of halogens is 2. The number of fused-ring (bicyclic) bond motifs is 1. The number of alkyl halides is 2. The first-order valence-electron chi connectivity index (χ1n) is 11.8. The Balaban J connectivity index is 1.83. The van der Waals surface area contributed by atoms with Crippen molar-refractivity contribution in [2.75, 3.05) is 23.0 Å². The number of thiocarbonyl (C=S) groups is 1. The number of hydrogen-bond acceptors (Lipinski definition) is 7. The second-order valence-corrected chi connectivity index (χ2v) is 9.65. The number of benzene rings is 1. The van der Waals surface area contributed by atoms with E-state index in [4.69, 9.17) is 22.1 Å². The van der Waals surface area contributed by atoms with Crippen molar-refractivity contribution in [2.24, 2.45) is 0 Å². The average molecular weight is 542 g/mol. The van der Waals surface area contributed by atoms with E-state index in [-0.39, 0.29) is 35.3 Å². The zero-order valence-electron chi connectivity index (χ0n) is 21.2. The van der Waals surface area contributed by atoms with E-state index in [1.165, 1.54) is 27.6 Å². The van der Waals surface area contributed by atoms with Gasteiger partial charge in [0.05, 0.1) is 35.3 Å². The van der Waals surface area contributed by atoms with Gasteiger partial charge in [0.2, 0.25) is 5.75 Å². The molecule has 0 aliphatic carbocycles. The van der Waals surface area contributed by atoms with E-state index in [0.717, 1.165) is 11.0 Å². The van der Waals surface area contributed by atoms with Crippen LogP contribution >= 0.6 is 12.2 Å². The third kappa shape index (κ3) is 4.37. The smallest absolute Gasteiger partial charge is 0.300 e. The number of anilines is 2. The van der Waals surface area contributed by atoms with Gasteiger partial charge in [-0.1, -0.05) is 6.92 Å². The molecule has 0 atom stereocenters. The molecule has 1 amide bonds. The third-order valence-corrected chi connectivity index (χ3v) is 6.65. The zero-order chi connectivity index (χ0) is 28.0. The molecule has 1 aliphatic heterocycles. The SMILES string of the molecule is CCc1nc2ccc(N3C(=S)N(c4ccc(C#N)c(C(C)(F)F)c4)C(=O)C3(C)C)cn2c(=O)c1OCCO. The lowest BCUT2D eigenvalue weighted by molar-refractivity contribution is -0.120. The molecule has 1 N–H and O–H groups in total. The Morgan fingerprint density at radius 2 is 1.89 bits per heavy atom. The van der Waals surface area contributed by atoms with Crippen molar-refractivity contribution in [1.29, 1.82) is 5.26 Å². The maximum atomic E-state index is 14.2. The fraction of sp³-hybridized carbons (Fsp3) is 0.346. The second-order valence-electron chi connectivity index (χ2n) is 9.28. The van der Waals surface area contributed by atoms with E-state index in [2.05, 4.69) is 4.98 Å². The Kier molecular flexibility index (Phi) is 6.94. The minimum atomic E-state index is -3.32. The molecule has 4 rings (SSSR count). The van der Waals surface area contributed by atoms with Crippen LogP contribution < -0.4 is 20.1 Å². The number of ether oxygens (including phenoxy) is 1. The largest absolute Gasteiger partial charge is 0.484 e. The van der Waals surface area contributed by atoms with E-state index >= 15 is 0 Å². The van der Waals surface area contributed by atoms with Gasteiger partial charge in [0, 0.05) is 18.7 Å². The van der Waals surface area contributed by atoms with Crippen LogP contribution in [0.3, 0.4) is 0 Å². The molecule has 1 saturated heterocycles. The molecular formula is C26H25F2N5O4S. The number of aromatic nitrogens is 2. The van der Waals surface area contributed by atoms with E-state index in [9.17, 15) is 23.6 Å². The van der Waals surface area contributed by atoms with Gasteiger partial charge in [-0.3, -0.25) is 18.9 Å². The number of carbonyl (C=O) groups is 1. The molecule has 0 radical (unpaired) electrons. The van der Waals surface area contributed by atoms with Gasteiger partial charge in [-0.25, -0.2) is 13.8 Å². The minimum Gasteiger partial charge on any atom is -0.484 e. The summed E-state index contributed by atoms with van der Waals surface area (Å²) in [6.07, 6.45) is 1.91. The van der Waals surface area contributed by atoms with Crippen LogP contribution in [0.25, 0.3) is 5.65 Å². The van der Waals surface area contributed by atoms with Crippen molar-refractivity contribution in [3.8, 4) is 11.8 Å². The number of aliphatic hydroxyl groups is 1. The lowest BCUT2D eigenvalue weighted by Gasteiger charge is -2.29. The minimum absolute atomic E-state index is 0.0115. The first-order chi connectivity index (χ1) is 17.9. The molecule has 38 heavy (non-hydrogen) atoms. The highest BCUT2D eigenvalue weighted by atomic mass is 32.1. The first-order valence-corrected chi connectivity index (χ1v) is 12.2. The number of carbonyl (C=O) groups excluding carboxylic acids is 1. The van der Waals surface area contributed by atoms with Crippen molar-refractivity contribution in [1.82, 2.24) is 9.38 Å². The molecule has 3 heterocycles. The Hall–Kier alpha value is -3.95. The quantitative estimate of drug-likeness (QED) is 0.453. The van der Waals surface area contributed by atoms with Gasteiger partial charge >= 0.3 is 5.56 Å². The zero-order valence-corrected chi connectivity index (χ0v) is 22.0.